The van der Waals surface area contributed by atoms with Crippen molar-refractivity contribution >= 4 is 17.9 Å². The van der Waals surface area contributed by atoms with Gasteiger partial charge in [-0.15, -0.1) is 0 Å². The molecule has 0 aliphatic heterocycles. The van der Waals surface area contributed by atoms with E-state index >= 15 is 0 Å². The number of nitrogens with two attached hydrogens (primary N) is 1. The summed E-state index contributed by atoms with van der Waals surface area (Å²) >= 11 is 0. The summed E-state index contributed by atoms with van der Waals surface area (Å²) in [4.78, 5) is 32.0. The Bertz CT molecular complexity index is 267. The third kappa shape index (κ3) is 4.81. The molecule has 0 aromatic heterocycles. The predicted octanol–water partition coefficient (Wildman–Crippen LogP) is -2.40. The fourth-order valence-corrected chi connectivity index (χ4v) is 0.761. The maximum Gasteiger partial charge on any atom is 0.328 e. The van der Waals surface area contributed by atoms with Gasteiger partial charge in [0.15, 0.2) is 0 Å². The van der Waals surface area contributed by atoms with Crippen molar-refractivity contribution < 1.29 is 24.6 Å². The molecule has 0 aromatic carbocycles. The van der Waals surface area contributed by atoms with E-state index in [0.717, 1.165) is 0 Å². The lowest BCUT2D eigenvalue weighted by Gasteiger charge is -2.16. The summed E-state index contributed by atoms with van der Waals surface area (Å²) in [5.74, 6) is -2.10. The van der Waals surface area contributed by atoms with Crippen LogP contribution >= 0.6 is 0 Å². The highest BCUT2D eigenvalue weighted by atomic mass is 16.4. The van der Waals surface area contributed by atoms with Crippen LogP contribution in [-0.2, 0) is 9.59 Å². The van der Waals surface area contributed by atoms with E-state index in [-0.39, 0.29) is 0 Å². The topological polar surface area (TPSA) is 142 Å². The number of carboxylic acids is 1. The van der Waals surface area contributed by atoms with Gasteiger partial charge < -0.3 is 26.6 Å². The highest BCUT2D eigenvalue weighted by molar-refractivity contribution is 5.89. The first kappa shape index (κ1) is 13.2. The summed E-state index contributed by atoms with van der Waals surface area (Å²) in [7, 11) is 0. The van der Waals surface area contributed by atoms with Gasteiger partial charge in [0.2, 0.25) is 5.91 Å². The highest BCUT2D eigenvalue weighted by Crippen LogP contribution is 1.87. The molecule has 0 saturated heterocycles. The molecule has 3 amide bonds. The van der Waals surface area contributed by atoms with Gasteiger partial charge in [-0.3, -0.25) is 4.79 Å². The Balaban J connectivity index is 4.21. The predicted molar refractivity (Wildman–Crippen MR) is 48.8 cm³/mol. The van der Waals surface area contributed by atoms with E-state index in [2.05, 4.69) is 5.32 Å². The van der Waals surface area contributed by atoms with E-state index in [1.165, 1.54) is 6.92 Å². The van der Waals surface area contributed by atoms with Crippen molar-refractivity contribution in [3.05, 3.63) is 0 Å². The summed E-state index contributed by atoms with van der Waals surface area (Å²) < 4.78 is 0. The van der Waals surface area contributed by atoms with Crippen molar-refractivity contribution in [1.29, 1.82) is 0 Å². The molecule has 8 nitrogen and oxygen atoms in total. The second-order valence-electron chi connectivity index (χ2n) is 2.81. The van der Waals surface area contributed by atoms with Gasteiger partial charge in [0.1, 0.15) is 12.1 Å². The molecular formula is C7H13N3O5. The third-order valence-electron chi connectivity index (χ3n) is 1.55. The molecule has 0 aromatic rings. The molecule has 0 aliphatic rings. The average Bonchev–Trinajstić information content (AvgIpc) is 2.11. The van der Waals surface area contributed by atoms with Gasteiger partial charge in [0, 0.05) is 0 Å². The first-order valence-electron chi connectivity index (χ1n) is 4.08. The van der Waals surface area contributed by atoms with E-state index in [9.17, 15) is 14.4 Å². The van der Waals surface area contributed by atoms with Crippen LogP contribution in [0.2, 0.25) is 0 Å². The molecule has 0 rings (SSSR count). The minimum atomic E-state index is -1.39. The number of hydrogen-bond donors (Lipinski definition) is 5. The van der Waals surface area contributed by atoms with Crippen molar-refractivity contribution in [2.45, 2.75) is 19.0 Å². The minimum absolute atomic E-state index is 0.732. The Labute approximate surface area is 85.4 Å². The van der Waals surface area contributed by atoms with Crippen LogP contribution in [0.3, 0.4) is 0 Å². The second kappa shape index (κ2) is 5.81. The normalized spacial score (nSPS) is 13.7. The molecule has 0 saturated carbocycles. The van der Waals surface area contributed by atoms with Crippen molar-refractivity contribution in [1.82, 2.24) is 10.6 Å². The summed E-state index contributed by atoms with van der Waals surface area (Å²) in [6.07, 6.45) is 0. The number of urea groups is 1. The largest absolute Gasteiger partial charge is 0.480 e. The highest BCUT2D eigenvalue weighted by Gasteiger charge is 2.22. The molecule has 2 atom stereocenters. The Morgan fingerprint density at radius 2 is 1.87 bits per heavy atom. The lowest BCUT2D eigenvalue weighted by Crippen LogP contribution is -2.52. The van der Waals surface area contributed by atoms with E-state index in [4.69, 9.17) is 15.9 Å². The fraction of sp³-hybridized carbons (Fsp3) is 0.571. The van der Waals surface area contributed by atoms with E-state index in [1.807, 2.05) is 5.32 Å². The molecule has 6 N–H and O–H groups in total. The average molecular weight is 219 g/mol. The van der Waals surface area contributed by atoms with Gasteiger partial charge in [-0.25, -0.2) is 9.59 Å². The lowest BCUT2D eigenvalue weighted by molar-refractivity contribution is -0.143. The van der Waals surface area contributed by atoms with Crippen molar-refractivity contribution in [3.8, 4) is 0 Å². The molecule has 0 fully saturated rings. The molecule has 0 bridgehead atoms. The number of carboxylic acid groups (broad SMARTS) is 1. The molecule has 1 unspecified atom stereocenters. The standard InChI is InChI=1S/C7H13N3O5/c1-3(9-7(8)15)5(12)10-4(2-11)6(13)14/h3-4,11H,2H2,1H3,(H,10,12)(H,13,14)(H3,8,9,15)/t3?,4-/m1/s1. The number of hydrogen-bond acceptors (Lipinski definition) is 4. The number of amides is 3. The van der Waals surface area contributed by atoms with Crippen molar-refractivity contribution in [3.63, 3.8) is 0 Å². The van der Waals surface area contributed by atoms with Gasteiger partial charge in [-0.05, 0) is 6.92 Å². The van der Waals surface area contributed by atoms with Crippen LogP contribution in [0.1, 0.15) is 6.92 Å². The summed E-state index contributed by atoms with van der Waals surface area (Å²) in [5, 5.41) is 21.2. The Hall–Kier alpha value is -1.83. The molecule has 0 radical (unpaired) electrons. The van der Waals surface area contributed by atoms with Crippen LogP contribution in [0.5, 0.6) is 0 Å². The van der Waals surface area contributed by atoms with Crippen LogP contribution < -0.4 is 16.4 Å². The molecule has 0 aliphatic carbocycles. The summed E-state index contributed by atoms with van der Waals surface area (Å²) in [6, 6.07) is -3.25. The van der Waals surface area contributed by atoms with Gasteiger partial charge in [0.25, 0.3) is 0 Å². The number of aliphatic hydroxyl groups excluding tert-OH is 1. The van der Waals surface area contributed by atoms with Crippen molar-refractivity contribution in [2.75, 3.05) is 6.61 Å². The monoisotopic (exact) mass is 219 g/mol. The first-order valence-corrected chi connectivity index (χ1v) is 4.08. The van der Waals surface area contributed by atoms with Gasteiger partial charge >= 0.3 is 12.0 Å². The Kier molecular flexibility index (Phi) is 5.10. The van der Waals surface area contributed by atoms with E-state index < -0.39 is 36.6 Å². The number of rotatable bonds is 5. The Morgan fingerprint density at radius 1 is 1.33 bits per heavy atom. The molecule has 15 heavy (non-hydrogen) atoms. The maximum absolute atomic E-state index is 11.2. The smallest absolute Gasteiger partial charge is 0.328 e. The molecule has 0 heterocycles. The molecular weight excluding hydrogens is 206 g/mol. The quantitative estimate of drug-likeness (QED) is 0.350. The number of aliphatic carboxylic acids is 1. The summed E-state index contributed by atoms with van der Waals surface area (Å²) in [6.45, 7) is 0.598. The first-order chi connectivity index (χ1) is 6.88. The lowest BCUT2D eigenvalue weighted by atomic mass is 10.2. The minimum Gasteiger partial charge on any atom is -0.480 e. The van der Waals surface area contributed by atoms with Gasteiger partial charge in [-0.1, -0.05) is 0 Å². The zero-order chi connectivity index (χ0) is 12.0. The molecule has 0 spiro atoms. The van der Waals surface area contributed by atoms with E-state index in [0.29, 0.717) is 0 Å². The van der Waals surface area contributed by atoms with Crippen LogP contribution in [0.15, 0.2) is 0 Å². The van der Waals surface area contributed by atoms with Crippen LogP contribution in [0, 0.1) is 0 Å². The van der Waals surface area contributed by atoms with Gasteiger partial charge in [-0.2, -0.15) is 0 Å². The second-order valence-corrected chi connectivity index (χ2v) is 2.81. The number of primary amides is 1. The summed E-state index contributed by atoms with van der Waals surface area (Å²) in [5.41, 5.74) is 4.76. The van der Waals surface area contributed by atoms with Gasteiger partial charge in [0.05, 0.1) is 6.61 Å². The number of carbonyl (C=O) groups excluding carboxylic acids is 2. The number of carbonyl (C=O) groups is 3. The van der Waals surface area contributed by atoms with Crippen LogP contribution in [0.4, 0.5) is 4.79 Å². The zero-order valence-corrected chi connectivity index (χ0v) is 8.06. The third-order valence-corrected chi connectivity index (χ3v) is 1.55. The molecule has 86 valence electrons. The van der Waals surface area contributed by atoms with E-state index in [1.54, 1.807) is 0 Å². The Morgan fingerprint density at radius 3 is 2.20 bits per heavy atom. The SMILES string of the molecule is CC(NC(N)=O)C(=O)N[C@H](CO)C(=O)O. The zero-order valence-electron chi connectivity index (χ0n) is 8.06. The van der Waals surface area contributed by atoms with Crippen molar-refractivity contribution in [2.24, 2.45) is 5.73 Å². The van der Waals surface area contributed by atoms with Crippen LogP contribution in [0.25, 0.3) is 0 Å². The van der Waals surface area contributed by atoms with Crippen LogP contribution in [-0.4, -0.2) is 46.8 Å². The number of aliphatic hydroxyl groups is 1. The fourth-order valence-electron chi connectivity index (χ4n) is 0.761. The molecule has 8 heteroatoms. The maximum atomic E-state index is 11.2. The number of nitrogens with one attached hydrogen (secondary N) is 2.